The molecular formula is C19H17NO4S. The molecule has 0 spiro atoms. The normalized spacial score (nSPS) is 16.8. The SMILES string of the molecule is COc1ccc(O)c(C2SCCNc3c2c(=O)oc2ccccc32)c1. The second-order valence-corrected chi connectivity index (χ2v) is 6.99. The monoisotopic (exact) mass is 355 g/mol. The first-order valence-corrected chi connectivity index (χ1v) is 9.02. The highest BCUT2D eigenvalue weighted by molar-refractivity contribution is 7.99. The zero-order valence-corrected chi connectivity index (χ0v) is 14.4. The average Bonchev–Trinajstić information content (AvgIpc) is 2.86. The molecule has 0 bridgehead atoms. The number of anilines is 1. The van der Waals surface area contributed by atoms with Gasteiger partial charge in [-0.1, -0.05) is 12.1 Å². The minimum atomic E-state index is -0.386. The Labute approximate surface area is 148 Å². The van der Waals surface area contributed by atoms with Crippen molar-refractivity contribution < 1.29 is 14.3 Å². The van der Waals surface area contributed by atoms with Crippen molar-refractivity contribution in [1.29, 1.82) is 0 Å². The maximum Gasteiger partial charge on any atom is 0.343 e. The van der Waals surface area contributed by atoms with Crippen LogP contribution in [0.4, 0.5) is 5.69 Å². The zero-order chi connectivity index (χ0) is 17.4. The van der Waals surface area contributed by atoms with Crippen LogP contribution in [-0.4, -0.2) is 24.5 Å². The van der Waals surface area contributed by atoms with E-state index in [1.165, 1.54) is 0 Å². The zero-order valence-electron chi connectivity index (χ0n) is 13.6. The average molecular weight is 355 g/mol. The molecule has 2 heterocycles. The van der Waals surface area contributed by atoms with E-state index in [1.54, 1.807) is 43.1 Å². The van der Waals surface area contributed by atoms with Crippen molar-refractivity contribution in [2.45, 2.75) is 5.25 Å². The summed E-state index contributed by atoms with van der Waals surface area (Å²) < 4.78 is 10.8. The number of fused-ring (bicyclic) bond motifs is 3. The number of ether oxygens (including phenoxy) is 1. The van der Waals surface area contributed by atoms with Crippen LogP contribution < -0.4 is 15.7 Å². The molecule has 25 heavy (non-hydrogen) atoms. The number of methoxy groups -OCH3 is 1. The highest BCUT2D eigenvalue weighted by Gasteiger charge is 2.29. The van der Waals surface area contributed by atoms with E-state index in [-0.39, 0.29) is 16.6 Å². The largest absolute Gasteiger partial charge is 0.508 e. The summed E-state index contributed by atoms with van der Waals surface area (Å²) >= 11 is 1.60. The highest BCUT2D eigenvalue weighted by atomic mass is 32.2. The summed E-state index contributed by atoms with van der Waals surface area (Å²) in [5.74, 6) is 1.57. The lowest BCUT2D eigenvalue weighted by Crippen LogP contribution is -2.14. The van der Waals surface area contributed by atoms with Gasteiger partial charge in [-0.25, -0.2) is 4.79 Å². The first-order valence-electron chi connectivity index (χ1n) is 7.97. The lowest BCUT2D eigenvalue weighted by atomic mass is 10.0. The molecule has 128 valence electrons. The number of thioether (sulfide) groups is 1. The molecule has 1 atom stereocenters. The van der Waals surface area contributed by atoms with Crippen LogP contribution in [0.2, 0.25) is 0 Å². The van der Waals surface area contributed by atoms with E-state index in [0.717, 1.165) is 23.4 Å². The molecule has 5 nitrogen and oxygen atoms in total. The number of hydrogen-bond donors (Lipinski definition) is 2. The first kappa shape index (κ1) is 15.9. The molecule has 0 saturated heterocycles. The molecule has 2 aromatic carbocycles. The predicted molar refractivity (Wildman–Crippen MR) is 99.9 cm³/mol. The summed E-state index contributed by atoms with van der Waals surface area (Å²) in [5.41, 5.74) is 2.13. The molecule has 0 saturated carbocycles. The standard InChI is InChI=1S/C19H17NO4S/c1-23-11-6-7-14(21)13(10-11)18-16-17(20-8-9-25-18)12-4-2-3-5-15(12)24-19(16)22/h2-7,10,18,20-21H,8-9H2,1H3. The summed E-state index contributed by atoms with van der Waals surface area (Å²) in [6.45, 7) is 0.729. The second kappa shape index (κ2) is 6.37. The van der Waals surface area contributed by atoms with Crippen LogP contribution >= 0.6 is 11.8 Å². The molecule has 1 unspecified atom stereocenters. The number of phenols is 1. The maximum atomic E-state index is 12.7. The fraction of sp³-hybridized carbons (Fsp3) is 0.211. The van der Waals surface area contributed by atoms with Crippen molar-refractivity contribution in [2.24, 2.45) is 0 Å². The molecule has 6 heteroatoms. The van der Waals surface area contributed by atoms with Crippen molar-refractivity contribution in [3.8, 4) is 11.5 Å². The van der Waals surface area contributed by atoms with E-state index >= 15 is 0 Å². The quantitative estimate of drug-likeness (QED) is 0.682. The van der Waals surface area contributed by atoms with Crippen LogP contribution in [-0.2, 0) is 0 Å². The number of benzene rings is 2. The van der Waals surface area contributed by atoms with E-state index in [1.807, 2.05) is 18.2 Å². The van der Waals surface area contributed by atoms with Gasteiger partial charge in [-0.2, -0.15) is 0 Å². The maximum absolute atomic E-state index is 12.7. The highest BCUT2D eigenvalue weighted by Crippen LogP contribution is 2.45. The Morgan fingerprint density at radius 1 is 1.28 bits per heavy atom. The van der Waals surface area contributed by atoms with Gasteiger partial charge in [-0.3, -0.25) is 0 Å². The van der Waals surface area contributed by atoms with Gasteiger partial charge in [-0.05, 0) is 30.3 Å². The van der Waals surface area contributed by atoms with E-state index < -0.39 is 0 Å². The Hall–Kier alpha value is -2.60. The third-order valence-corrected chi connectivity index (χ3v) is 5.58. The van der Waals surface area contributed by atoms with Crippen LogP contribution in [0.1, 0.15) is 16.4 Å². The van der Waals surface area contributed by atoms with Crippen molar-refractivity contribution >= 4 is 28.4 Å². The number of para-hydroxylation sites is 1. The van der Waals surface area contributed by atoms with Crippen LogP contribution in [0.3, 0.4) is 0 Å². The van der Waals surface area contributed by atoms with E-state index in [4.69, 9.17) is 9.15 Å². The van der Waals surface area contributed by atoms with Gasteiger partial charge < -0.3 is 19.6 Å². The molecule has 0 fully saturated rings. The Bertz CT molecular complexity index is 998. The third kappa shape index (κ3) is 2.72. The van der Waals surface area contributed by atoms with Gasteiger partial charge in [0.1, 0.15) is 17.1 Å². The Morgan fingerprint density at radius 2 is 2.12 bits per heavy atom. The molecule has 3 aromatic rings. The second-order valence-electron chi connectivity index (χ2n) is 5.78. The number of phenolic OH excluding ortho intramolecular Hbond substituents is 1. The van der Waals surface area contributed by atoms with E-state index in [9.17, 15) is 9.90 Å². The Morgan fingerprint density at radius 3 is 2.96 bits per heavy atom. The van der Waals surface area contributed by atoms with Crippen molar-refractivity contribution in [2.75, 3.05) is 24.7 Å². The van der Waals surface area contributed by atoms with Gasteiger partial charge >= 0.3 is 5.63 Å². The van der Waals surface area contributed by atoms with Crippen LogP contribution in [0.15, 0.2) is 51.7 Å². The van der Waals surface area contributed by atoms with Gasteiger partial charge in [0.15, 0.2) is 0 Å². The summed E-state index contributed by atoms with van der Waals surface area (Å²) in [5, 5.41) is 14.3. The first-order chi connectivity index (χ1) is 12.2. The molecule has 0 aliphatic carbocycles. The number of aromatic hydroxyl groups is 1. The summed E-state index contributed by atoms with van der Waals surface area (Å²) in [6, 6.07) is 12.5. The fourth-order valence-corrected chi connectivity index (χ4v) is 4.35. The number of hydrogen-bond acceptors (Lipinski definition) is 6. The molecule has 1 aromatic heterocycles. The van der Waals surface area contributed by atoms with E-state index in [2.05, 4.69) is 5.32 Å². The minimum absolute atomic E-state index is 0.138. The van der Waals surface area contributed by atoms with Gasteiger partial charge in [0.25, 0.3) is 0 Å². The molecule has 1 aliphatic rings. The Kier molecular flexibility index (Phi) is 4.05. The Balaban J connectivity index is 1.99. The topological polar surface area (TPSA) is 71.7 Å². The molecule has 0 radical (unpaired) electrons. The number of rotatable bonds is 2. The fourth-order valence-electron chi connectivity index (χ4n) is 3.14. The predicted octanol–water partition coefficient (Wildman–Crippen LogP) is 3.76. The third-order valence-electron chi connectivity index (χ3n) is 4.32. The lowest BCUT2D eigenvalue weighted by Gasteiger charge is -2.18. The van der Waals surface area contributed by atoms with Gasteiger partial charge in [0.05, 0.1) is 23.6 Å². The molecule has 4 rings (SSSR count). The van der Waals surface area contributed by atoms with Crippen molar-refractivity contribution in [3.63, 3.8) is 0 Å². The van der Waals surface area contributed by atoms with E-state index in [0.29, 0.717) is 22.5 Å². The van der Waals surface area contributed by atoms with Crippen LogP contribution in [0.5, 0.6) is 11.5 Å². The smallest absolute Gasteiger partial charge is 0.343 e. The van der Waals surface area contributed by atoms with Gasteiger partial charge in [-0.15, -0.1) is 11.8 Å². The van der Waals surface area contributed by atoms with Gasteiger partial charge in [0.2, 0.25) is 0 Å². The van der Waals surface area contributed by atoms with Crippen LogP contribution in [0.25, 0.3) is 11.0 Å². The van der Waals surface area contributed by atoms with Crippen LogP contribution in [0, 0.1) is 0 Å². The molecule has 2 N–H and O–H groups in total. The lowest BCUT2D eigenvalue weighted by molar-refractivity contribution is 0.411. The molecule has 1 aliphatic heterocycles. The number of nitrogens with one attached hydrogen (secondary N) is 1. The molecular weight excluding hydrogens is 338 g/mol. The summed E-state index contributed by atoms with van der Waals surface area (Å²) in [6.07, 6.45) is 0. The van der Waals surface area contributed by atoms with Crippen molar-refractivity contribution in [3.05, 3.63) is 64.0 Å². The summed E-state index contributed by atoms with van der Waals surface area (Å²) in [7, 11) is 1.58. The minimum Gasteiger partial charge on any atom is -0.508 e. The summed E-state index contributed by atoms with van der Waals surface area (Å²) in [4.78, 5) is 12.7. The van der Waals surface area contributed by atoms with Gasteiger partial charge in [0, 0.05) is 23.2 Å². The van der Waals surface area contributed by atoms with Crippen molar-refractivity contribution in [1.82, 2.24) is 0 Å². The molecule has 0 amide bonds.